The van der Waals surface area contributed by atoms with Gasteiger partial charge in [0.25, 0.3) is 0 Å². The Morgan fingerprint density at radius 2 is 0.984 bits per heavy atom. The molecule has 354 valence electrons. The van der Waals surface area contributed by atoms with Crippen LogP contribution in [-0.4, -0.2) is 87.5 Å². The molecule has 1 saturated heterocycles. The third kappa shape index (κ3) is 32.6. The Bertz CT molecular complexity index is 1430. The quantitative estimate of drug-likeness (QED) is 0.0267. The highest BCUT2D eigenvalue weighted by atomic mass is 16.7. The average Bonchev–Trinajstić information content (AvgIpc) is 3.28. The molecule has 0 spiro atoms. The number of nitrogens with one attached hydrogen (secondary N) is 1. The summed E-state index contributed by atoms with van der Waals surface area (Å²) in [6.45, 7) is 3.39. The number of hydrogen-bond acceptors (Lipinski definition) is 8. The lowest BCUT2D eigenvalue weighted by atomic mass is 9.99. The Kier molecular flexibility index (Phi) is 38.5. The highest BCUT2D eigenvalue weighted by Gasteiger charge is 2.44. The number of rotatable bonds is 37. The van der Waals surface area contributed by atoms with Crippen LogP contribution in [0.25, 0.3) is 0 Å². The summed E-state index contributed by atoms with van der Waals surface area (Å²) in [5.41, 5.74) is 0. The van der Waals surface area contributed by atoms with Gasteiger partial charge in [-0.2, -0.15) is 0 Å². The third-order valence-corrected chi connectivity index (χ3v) is 10.2. The van der Waals surface area contributed by atoms with E-state index in [0.29, 0.717) is 6.42 Å². The summed E-state index contributed by atoms with van der Waals surface area (Å²) < 4.78 is 11.0. The van der Waals surface area contributed by atoms with Gasteiger partial charge < -0.3 is 40.3 Å². The molecule has 9 heteroatoms. The van der Waals surface area contributed by atoms with E-state index < -0.39 is 49.5 Å². The molecule has 1 heterocycles. The zero-order chi connectivity index (χ0) is 45.9. The van der Waals surface area contributed by atoms with Gasteiger partial charge in [0.15, 0.2) is 6.29 Å². The first kappa shape index (κ1) is 57.3. The standard InChI is InChI=1S/C54H85NO8/c1-3-5-7-8-9-10-11-12-13-14-15-16-17-18-19-20-21-22-23-24-25-26-27-28-29-30-31-32-33-34-35-36-37-38-39-40-42-44-50(58)55-47(48(57)43-41-6-4-2)46-62-54-53(61)52(60)51(59)49(45-56)63-54/h5,7,9-10,12-13,15-16,18-19,21-22,24-25,27-28,30-31,33-34,41,43,47-49,51-54,56-57,59-61H,3-4,6,8,11,14,17,20,23,26,29,32,35-40,42,44-46H2,1-2H3,(H,55,58)/b7-5-,10-9-,13-12-,16-15-,19-18-,22-21-,25-24-,28-27-,31-30-,34-33-,43-41+. The number of aliphatic hydroxyl groups is 5. The molecule has 0 radical (unpaired) electrons. The molecule has 1 amide bonds. The topological polar surface area (TPSA) is 149 Å². The van der Waals surface area contributed by atoms with Crippen molar-refractivity contribution in [2.45, 2.75) is 185 Å². The van der Waals surface area contributed by atoms with Crippen LogP contribution in [0, 0.1) is 0 Å². The first-order valence-corrected chi connectivity index (χ1v) is 23.9. The van der Waals surface area contributed by atoms with Crippen molar-refractivity contribution in [3.8, 4) is 0 Å². The van der Waals surface area contributed by atoms with Crippen LogP contribution in [0.15, 0.2) is 134 Å². The molecule has 6 N–H and O–H groups in total. The lowest BCUT2D eigenvalue weighted by Crippen LogP contribution is -2.60. The molecule has 1 aliphatic heterocycles. The number of unbranched alkanes of at least 4 members (excludes halogenated alkanes) is 7. The maximum absolute atomic E-state index is 12.8. The van der Waals surface area contributed by atoms with Crippen LogP contribution in [0.5, 0.6) is 0 Å². The van der Waals surface area contributed by atoms with Crippen molar-refractivity contribution >= 4 is 5.91 Å². The van der Waals surface area contributed by atoms with Gasteiger partial charge in [-0.25, -0.2) is 0 Å². The summed E-state index contributed by atoms with van der Waals surface area (Å²) in [5, 5.41) is 53.4. The van der Waals surface area contributed by atoms with Crippen molar-refractivity contribution in [1.82, 2.24) is 5.32 Å². The minimum atomic E-state index is -1.57. The van der Waals surface area contributed by atoms with Crippen molar-refractivity contribution < 1.29 is 39.8 Å². The van der Waals surface area contributed by atoms with E-state index in [1.807, 2.05) is 13.0 Å². The van der Waals surface area contributed by atoms with Gasteiger partial charge in [-0.3, -0.25) is 4.79 Å². The molecule has 0 aliphatic carbocycles. The zero-order valence-corrected chi connectivity index (χ0v) is 38.8. The molecule has 63 heavy (non-hydrogen) atoms. The van der Waals surface area contributed by atoms with Crippen LogP contribution >= 0.6 is 0 Å². The maximum atomic E-state index is 12.8. The second kappa shape index (κ2) is 42.3. The van der Waals surface area contributed by atoms with Gasteiger partial charge in [0.1, 0.15) is 24.4 Å². The van der Waals surface area contributed by atoms with Crippen LogP contribution in [0.2, 0.25) is 0 Å². The van der Waals surface area contributed by atoms with E-state index in [9.17, 15) is 30.3 Å². The van der Waals surface area contributed by atoms with E-state index in [1.54, 1.807) is 6.08 Å². The van der Waals surface area contributed by atoms with Crippen molar-refractivity contribution in [1.29, 1.82) is 0 Å². The third-order valence-electron chi connectivity index (χ3n) is 10.2. The summed E-state index contributed by atoms with van der Waals surface area (Å²) in [4.78, 5) is 12.8. The Morgan fingerprint density at radius 1 is 0.556 bits per heavy atom. The summed E-state index contributed by atoms with van der Waals surface area (Å²) in [7, 11) is 0. The lowest BCUT2D eigenvalue weighted by molar-refractivity contribution is -0.302. The molecule has 0 bridgehead atoms. The minimum Gasteiger partial charge on any atom is -0.394 e. The molecule has 1 fully saturated rings. The molecule has 7 atom stereocenters. The van der Waals surface area contributed by atoms with Crippen molar-refractivity contribution in [2.24, 2.45) is 0 Å². The average molecular weight is 876 g/mol. The predicted molar refractivity (Wildman–Crippen MR) is 262 cm³/mol. The monoisotopic (exact) mass is 876 g/mol. The highest BCUT2D eigenvalue weighted by Crippen LogP contribution is 2.22. The van der Waals surface area contributed by atoms with Crippen molar-refractivity contribution in [2.75, 3.05) is 13.2 Å². The van der Waals surface area contributed by atoms with Crippen molar-refractivity contribution in [3.05, 3.63) is 134 Å². The normalized spacial score (nSPS) is 21.4. The van der Waals surface area contributed by atoms with E-state index in [1.165, 1.54) is 0 Å². The van der Waals surface area contributed by atoms with Gasteiger partial charge in [-0.15, -0.1) is 0 Å². The highest BCUT2D eigenvalue weighted by molar-refractivity contribution is 5.76. The maximum Gasteiger partial charge on any atom is 0.220 e. The molecule has 7 unspecified atom stereocenters. The molecule has 0 aromatic carbocycles. The second-order valence-electron chi connectivity index (χ2n) is 15.8. The smallest absolute Gasteiger partial charge is 0.220 e. The van der Waals surface area contributed by atoms with Crippen LogP contribution in [0.4, 0.5) is 0 Å². The number of amides is 1. The first-order valence-electron chi connectivity index (χ1n) is 23.9. The Labute approximate surface area is 381 Å². The first-order chi connectivity index (χ1) is 30.8. The minimum absolute atomic E-state index is 0.208. The number of hydrogen-bond donors (Lipinski definition) is 6. The summed E-state index contributed by atoms with van der Waals surface area (Å²) >= 11 is 0. The van der Waals surface area contributed by atoms with Gasteiger partial charge in [-0.1, -0.05) is 180 Å². The summed E-state index contributed by atoms with van der Waals surface area (Å²) in [6, 6.07) is -0.818. The second-order valence-corrected chi connectivity index (χ2v) is 15.8. The van der Waals surface area contributed by atoms with Crippen LogP contribution in [-0.2, 0) is 14.3 Å². The summed E-state index contributed by atoms with van der Waals surface area (Å²) in [6.07, 6.45) is 58.9. The Balaban J connectivity index is 2.08. The van der Waals surface area contributed by atoms with E-state index >= 15 is 0 Å². The molecule has 0 saturated carbocycles. The van der Waals surface area contributed by atoms with Crippen molar-refractivity contribution in [3.63, 3.8) is 0 Å². The molecule has 9 nitrogen and oxygen atoms in total. The molecule has 0 aromatic heterocycles. The van der Waals surface area contributed by atoms with Gasteiger partial charge in [-0.05, 0) is 89.9 Å². The van der Waals surface area contributed by atoms with Crippen LogP contribution < -0.4 is 5.32 Å². The van der Waals surface area contributed by atoms with E-state index in [-0.39, 0.29) is 12.5 Å². The largest absolute Gasteiger partial charge is 0.394 e. The fourth-order valence-electron chi connectivity index (χ4n) is 6.42. The van der Waals surface area contributed by atoms with Gasteiger partial charge in [0.2, 0.25) is 5.91 Å². The Morgan fingerprint density at radius 3 is 1.43 bits per heavy atom. The van der Waals surface area contributed by atoms with Gasteiger partial charge in [0, 0.05) is 6.42 Å². The van der Waals surface area contributed by atoms with Gasteiger partial charge in [0.05, 0.1) is 25.4 Å². The Hall–Kier alpha value is -3.67. The van der Waals surface area contributed by atoms with E-state index in [2.05, 4.69) is 134 Å². The number of ether oxygens (including phenoxy) is 2. The van der Waals surface area contributed by atoms with Crippen LogP contribution in [0.1, 0.15) is 142 Å². The molecule has 1 rings (SSSR count). The van der Waals surface area contributed by atoms with Crippen LogP contribution in [0.3, 0.4) is 0 Å². The number of aliphatic hydroxyl groups excluding tert-OH is 5. The van der Waals surface area contributed by atoms with E-state index in [0.717, 1.165) is 122 Å². The predicted octanol–water partition coefficient (Wildman–Crippen LogP) is 10.6. The molecular formula is C54H85NO8. The van der Waals surface area contributed by atoms with E-state index in [4.69, 9.17) is 9.47 Å². The number of carbonyl (C=O) groups is 1. The molecule has 1 aliphatic rings. The van der Waals surface area contributed by atoms with Gasteiger partial charge >= 0.3 is 0 Å². The number of carbonyl (C=O) groups excluding carboxylic acids is 1. The fourth-order valence-corrected chi connectivity index (χ4v) is 6.42. The lowest BCUT2D eigenvalue weighted by Gasteiger charge is -2.40. The number of allylic oxidation sites excluding steroid dienone is 21. The SMILES string of the molecule is CC/C=C\C/C=C\C/C=C\C/C=C\C/C=C\C/C=C\C/C=C\C/C=C\C/C=C\C/C=C\CCCCCCCCC(=O)NC(COC1OC(CO)C(O)C(O)C1O)C(O)/C=C/CCC. The molecule has 0 aromatic rings. The summed E-state index contributed by atoms with van der Waals surface area (Å²) in [5.74, 6) is -0.212. The molecular weight excluding hydrogens is 791 g/mol. The zero-order valence-electron chi connectivity index (χ0n) is 38.8. The fraction of sp³-hybridized carbons (Fsp3) is 0.574.